The van der Waals surface area contributed by atoms with Crippen molar-refractivity contribution in [2.75, 3.05) is 12.4 Å². The molecule has 39 heavy (non-hydrogen) atoms. The lowest BCUT2D eigenvalue weighted by molar-refractivity contribution is -0.142. The Kier molecular flexibility index (Phi) is 6.67. The lowest BCUT2D eigenvalue weighted by Gasteiger charge is -2.34. The molecule has 2 bridgehead atoms. The molecule has 1 aliphatic carbocycles. The zero-order valence-electron chi connectivity index (χ0n) is 22.4. The number of amides is 3. The number of aryl methyl sites for hydroxylation is 1. The number of ether oxygens (including phenoxy) is 2. The first-order valence-electron chi connectivity index (χ1n) is 13.9. The summed E-state index contributed by atoms with van der Waals surface area (Å²) in [5.74, 6) is -1.55. The maximum Gasteiger partial charge on any atom is 0.246 e. The van der Waals surface area contributed by atoms with Crippen molar-refractivity contribution in [1.82, 2.24) is 10.2 Å². The van der Waals surface area contributed by atoms with E-state index in [-0.39, 0.29) is 30.3 Å². The van der Waals surface area contributed by atoms with Crippen molar-refractivity contribution in [2.45, 2.75) is 69.4 Å². The zero-order chi connectivity index (χ0) is 27.1. The molecule has 3 amide bonds. The monoisotopic (exact) mass is 529 g/mol. The third-order valence-electron chi connectivity index (χ3n) is 8.71. The van der Waals surface area contributed by atoms with E-state index in [1.807, 2.05) is 43.3 Å². The summed E-state index contributed by atoms with van der Waals surface area (Å²) in [6, 6.07) is 14.3. The van der Waals surface area contributed by atoms with Gasteiger partial charge in [0, 0.05) is 18.3 Å². The average molecular weight is 530 g/mol. The van der Waals surface area contributed by atoms with Crippen molar-refractivity contribution in [3.05, 3.63) is 71.8 Å². The van der Waals surface area contributed by atoms with Gasteiger partial charge in [-0.2, -0.15) is 0 Å². The molecule has 3 aliphatic heterocycles. The van der Waals surface area contributed by atoms with E-state index >= 15 is 0 Å². The van der Waals surface area contributed by atoms with Gasteiger partial charge in [-0.25, -0.2) is 0 Å². The van der Waals surface area contributed by atoms with E-state index in [1.54, 1.807) is 36.3 Å². The summed E-state index contributed by atoms with van der Waals surface area (Å²) < 4.78 is 11.7. The number of carbonyl (C=O) groups excluding carboxylic acids is 3. The van der Waals surface area contributed by atoms with E-state index in [0.717, 1.165) is 36.8 Å². The van der Waals surface area contributed by atoms with Crippen molar-refractivity contribution >= 4 is 23.4 Å². The van der Waals surface area contributed by atoms with Crippen LogP contribution in [0.5, 0.6) is 5.75 Å². The molecule has 8 nitrogen and oxygen atoms in total. The number of carbonyl (C=O) groups is 3. The van der Waals surface area contributed by atoms with Crippen LogP contribution in [-0.4, -0.2) is 53.5 Å². The second-order valence-electron chi connectivity index (χ2n) is 11.2. The number of nitrogens with zero attached hydrogens (tertiary/aromatic N) is 1. The van der Waals surface area contributed by atoms with E-state index in [2.05, 4.69) is 10.6 Å². The highest BCUT2D eigenvalue weighted by Crippen LogP contribution is 2.55. The number of fused-ring (bicyclic) bond motifs is 1. The Morgan fingerprint density at radius 1 is 1.03 bits per heavy atom. The Bertz CT molecular complexity index is 1280. The van der Waals surface area contributed by atoms with Crippen LogP contribution in [0.2, 0.25) is 0 Å². The predicted molar refractivity (Wildman–Crippen MR) is 146 cm³/mol. The van der Waals surface area contributed by atoms with Gasteiger partial charge in [-0.05, 0) is 49.6 Å². The molecule has 1 spiro atoms. The first-order chi connectivity index (χ1) is 18.9. The number of hydrogen-bond acceptors (Lipinski definition) is 5. The molecule has 0 aromatic heterocycles. The molecule has 3 fully saturated rings. The van der Waals surface area contributed by atoms with Crippen LogP contribution in [0.4, 0.5) is 5.69 Å². The largest absolute Gasteiger partial charge is 0.497 e. The summed E-state index contributed by atoms with van der Waals surface area (Å²) in [6.45, 7) is 2.28. The second-order valence-corrected chi connectivity index (χ2v) is 11.2. The summed E-state index contributed by atoms with van der Waals surface area (Å²) in [5.41, 5.74) is 1.48. The van der Waals surface area contributed by atoms with Crippen LogP contribution < -0.4 is 15.4 Å². The summed E-state index contributed by atoms with van der Waals surface area (Å²) in [5, 5.41) is 6.18. The maximum atomic E-state index is 14.1. The smallest absolute Gasteiger partial charge is 0.246 e. The molecule has 8 heteroatoms. The molecule has 2 N–H and O–H groups in total. The van der Waals surface area contributed by atoms with Crippen LogP contribution in [0.1, 0.15) is 43.2 Å². The molecular weight excluding hydrogens is 494 g/mol. The standard InChI is InChI=1S/C31H35N3O5/c1-19-8-10-20(11-9-19)18-34-27(29(36)33-21-6-4-3-5-7-21)31-17-16-24(39-31)25(26(31)30(34)37)28(35)32-22-12-14-23(38-2)15-13-22/h8-17,21,24-27H,3-7,18H2,1-2H3,(H,32,35)(H,33,36)/t24-,25-,26-,27-,31-/m0/s1. The quantitative estimate of drug-likeness (QED) is 0.533. The van der Waals surface area contributed by atoms with Gasteiger partial charge in [-0.3, -0.25) is 14.4 Å². The summed E-state index contributed by atoms with van der Waals surface area (Å²) in [6.07, 6.45) is 8.36. The highest BCUT2D eigenvalue weighted by atomic mass is 16.5. The number of hydrogen-bond donors (Lipinski definition) is 2. The van der Waals surface area contributed by atoms with Crippen molar-refractivity contribution < 1.29 is 23.9 Å². The molecule has 4 aliphatic rings. The van der Waals surface area contributed by atoms with Gasteiger partial charge in [0.1, 0.15) is 17.4 Å². The van der Waals surface area contributed by atoms with Crippen molar-refractivity contribution in [3.63, 3.8) is 0 Å². The summed E-state index contributed by atoms with van der Waals surface area (Å²) in [4.78, 5) is 43.3. The lowest BCUT2D eigenvalue weighted by atomic mass is 9.74. The molecule has 6 rings (SSSR count). The summed E-state index contributed by atoms with van der Waals surface area (Å²) >= 11 is 0. The van der Waals surface area contributed by atoms with Gasteiger partial charge in [-0.15, -0.1) is 0 Å². The fourth-order valence-corrected chi connectivity index (χ4v) is 6.75. The molecule has 5 atom stereocenters. The van der Waals surface area contributed by atoms with Gasteiger partial charge in [0.15, 0.2) is 0 Å². The van der Waals surface area contributed by atoms with E-state index in [0.29, 0.717) is 11.4 Å². The number of nitrogens with one attached hydrogen (secondary N) is 2. The highest BCUT2D eigenvalue weighted by molar-refractivity contribution is 6.02. The molecule has 2 aromatic rings. The van der Waals surface area contributed by atoms with Gasteiger partial charge < -0.3 is 25.0 Å². The molecule has 3 heterocycles. The minimum Gasteiger partial charge on any atom is -0.497 e. The zero-order valence-corrected chi connectivity index (χ0v) is 22.4. The molecule has 1 saturated carbocycles. The van der Waals surface area contributed by atoms with Crippen LogP contribution in [0.15, 0.2) is 60.7 Å². The number of methoxy groups -OCH3 is 1. The first-order valence-corrected chi connectivity index (χ1v) is 13.9. The van der Waals surface area contributed by atoms with Crippen LogP contribution in [0.25, 0.3) is 0 Å². The fraction of sp³-hybridized carbons (Fsp3) is 0.452. The van der Waals surface area contributed by atoms with Crippen LogP contribution in [0.3, 0.4) is 0 Å². The van der Waals surface area contributed by atoms with Crippen LogP contribution >= 0.6 is 0 Å². The Morgan fingerprint density at radius 3 is 2.44 bits per heavy atom. The number of likely N-dealkylation sites (tertiary alicyclic amines) is 1. The Balaban J connectivity index is 1.30. The third-order valence-corrected chi connectivity index (χ3v) is 8.71. The first kappa shape index (κ1) is 25.6. The number of benzene rings is 2. The average Bonchev–Trinajstić information content (AvgIpc) is 3.58. The van der Waals surface area contributed by atoms with Gasteiger partial charge >= 0.3 is 0 Å². The maximum absolute atomic E-state index is 14.1. The minimum atomic E-state index is -1.17. The van der Waals surface area contributed by atoms with Crippen molar-refractivity contribution in [2.24, 2.45) is 11.8 Å². The summed E-state index contributed by atoms with van der Waals surface area (Å²) in [7, 11) is 1.58. The Morgan fingerprint density at radius 2 is 1.74 bits per heavy atom. The van der Waals surface area contributed by atoms with Crippen LogP contribution in [0, 0.1) is 18.8 Å². The highest BCUT2D eigenvalue weighted by Gasteiger charge is 2.72. The third kappa shape index (κ3) is 4.50. The normalized spacial score (nSPS) is 29.4. The number of rotatable bonds is 7. The van der Waals surface area contributed by atoms with Crippen LogP contribution in [-0.2, 0) is 25.7 Å². The topological polar surface area (TPSA) is 97.0 Å². The molecule has 2 aromatic carbocycles. The molecule has 0 radical (unpaired) electrons. The van der Waals surface area contributed by atoms with E-state index < -0.39 is 29.6 Å². The number of anilines is 1. The molecule has 2 saturated heterocycles. The van der Waals surface area contributed by atoms with Gasteiger partial charge in [0.2, 0.25) is 17.7 Å². The lowest BCUT2D eigenvalue weighted by Crippen LogP contribution is -2.56. The predicted octanol–water partition coefficient (Wildman–Crippen LogP) is 3.74. The molecular formula is C31H35N3O5. The molecule has 204 valence electrons. The van der Waals surface area contributed by atoms with E-state index in [4.69, 9.17) is 9.47 Å². The Labute approximate surface area is 228 Å². The fourth-order valence-electron chi connectivity index (χ4n) is 6.75. The van der Waals surface area contributed by atoms with Gasteiger partial charge in [0.25, 0.3) is 0 Å². The van der Waals surface area contributed by atoms with Crippen molar-refractivity contribution in [1.29, 1.82) is 0 Å². The SMILES string of the molecule is COc1ccc(NC(=O)[C@H]2[C@@H]3C=C[C@]4(O3)[C@@H]2C(=O)N(Cc2ccc(C)cc2)[C@H]4C(=O)NC2CCCCC2)cc1. The van der Waals surface area contributed by atoms with E-state index in [1.165, 1.54) is 6.42 Å². The molecule has 0 unspecified atom stereocenters. The minimum absolute atomic E-state index is 0.0924. The van der Waals surface area contributed by atoms with Crippen molar-refractivity contribution in [3.8, 4) is 5.75 Å². The Hall–Kier alpha value is -3.65. The van der Waals surface area contributed by atoms with E-state index in [9.17, 15) is 14.4 Å². The van der Waals surface area contributed by atoms with Gasteiger partial charge in [-0.1, -0.05) is 61.2 Å². The van der Waals surface area contributed by atoms with Gasteiger partial charge in [0.05, 0.1) is 25.0 Å². The second kappa shape index (κ2) is 10.2.